The number of thioether (sulfide) groups is 1. The van der Waals surface area contributed by atoms with E-state index in [1.165, 1.54) is 28.5 Å². The SMILES string of the molecule is CSCc1cccc(F)c1-c1nc2c(cc1F)c(N1CCN(C(=O)OC(C)(C)C)C[C@@H]1C)nc(=O)n2-c1c(C)ccnc1C(C)C. The molecule has 0 aliphatic carbocycles. The van der Waals surface area contributed by atoms with Gasteiger partial charge in [0, 0.05) is 43.2 Å². The zero-order valence-electron chi connectivity index (χ0n) is 27.5. The van der Waals surface area contributed by atoms with Gasteiger partial charge in [0.15, 0.2) is 5.65 Å². The Balaban J connectivity index is 1.75. The topological polar surface area (TPSA) is 93.5 Å². The number of nitrogens with zero attached hydrogens (tertiary/aromatic N) is 6. The molecule has 1 saturated heterocycles. The molecule has 0 radical (unpaired) electrons. The van der Waals surface area contributed by atoms with Crippen LogP contribution in [0.25, 0.3) is 28.0 Å². The van der Waals surface area contributed by atoms with Gasteiger partial charge in [0.05, 0.1) is 16.8 Å². The third kappa shape index (κ3) is 6.44. The largest absolute Gasteiger partial charge is 0.444 e. The number of rotatable bonds is 6. The normalized spacial score (nSPS) is 15.6. The monoisotopic (exact) mass is 650 g/mol. The number of ether oxygens (including phenoxy) is 1. The molecule has 0 saturated carbocycles. The number of halogens is 2. The molecule has 1 atom stereocenters. The third-order valence-electron chi connectivity index (χ3n) is 7.91. The van der Waals surface area contributed by atoms with Crippen LogP contribution in [0.2, 0.25) is 0 Å². The van der Waals surface area contributed by atoms with E-state index in [-0.39, 0.29) is 34.7 Å². The molecule has 1 fully saturated rings. The van der Waals surface area contributed by atoms with Crippen molar-refractivity contribution in [3.8, 4) is 16.9 Å². The summed E-state index contributed by atoms with van der Waals surface area (Å²) in [5.41, 5.74) is 1.26. The maximum atomic E-state index is 16.2. The van der Waals surface area contributed by atoms with E-state index >= 15 is 8.78 Å². The number of amides is 1. The van der Waals surface area contributed by atoms with Crippen LogP contribution in [0, 0.1) is 18.6 Å². The summed E-state index contributed by atoms with van der Waals surface area (Å²) >= 11 is 1.48. The number of carbonyl (C=O) groups excluding carboxylic acids is 1. The highest BCUT2D eigenvalue weighted by Crippen LogP contribution is 2.36. The van der Waals surface area contributed by atoms with E-state index in [0.29, 0.717) is 47.7 Å². The van der Waals surface area contributed by atoms with Crippen molar-refractivity contribution < 1.29 is 18.3 Å². The highest BCUT2D eigenvalue weighted by Gasteiger charge is 2.33. The van der Waals surface area contributed by atoms with Crippen molar-refractivity contribution in [2.24, 2.45) is 0 Å². The molecule has 5 rings (SSSR count). The van der Waals surface area contributed by atoms with Gasteiger partial charge in [0.2, 0.25) is 0 Å². The van der Waals surface area contributed by atoms with Gasteiger partial charge in [-0.15, -0.1) is 0 Å². The molecule has 1 aliphatic heterocycles. The predicted octanol–water partition coefficient (Wildman–Crippen LogP) is 6.86. The Kier molecular flexibility index (Phi) is 9.40. The number of aromatic nitrogens is 4. The molecule has 9 nitrogen and oxygen atoms in total. The fraction of sp³-hybridized carbons (Fsp3) is 0.441. The Hall–Kier alpha value is -4.06. The zero-order chi connectivity index (χ0) is 33.5. The van der Waals surface area contributed by atoms with E-state index in [9.17, 15) is 9.59 Å². The van der Waals surface area contributed by atoms with Gasteiger partial charge >= 0.3 is 11.8 Å². The molecule has 244 valence electrons. The Morgan fingerprint density at radius 3 is 2.52 bits per heavy atom. The summed E-state index contributed by atoms with van der Waals surface area (Å²) in [5, 5.41) is 0.291. The first-order chi connectivity index (χ1) is 21.7. The van der Waals surface area contributed by atoms with Crippen molar-refractivity contribution in [3.05, 3.63) is 75.5 Å². The number of carbonyl (C=O) groups is 1. The van der Waals surface area contributed by atoms with Crippen LogP contribution in [0.4, 0.5) is 19.4 Å². The molecule has 4 heterocycles. The minimum atomic E-state index is -0.736. The molecule has 46 heavy (non-hydrogen) atoms. The van der Waals surface area contributed by atoms with Gasteiger partial charge < -0.3 is 14.5 Å². The molecule has 0 N–H and O–H groups in total. The van der Waals surface area contributed by atoms with E-state index in [1.807, 2.05) is 59.6 Å². The van der Waals surface area contributed by atoms with Crippen molar-refractivity contribution in [3.63, 3.8) is 0 Å². The average Bonchev–Trinajstić information content (AvgIpc) is 2.97. The maximum Gasteiger partial charge on any atom is 0.410 e. The van der Waals surface area contributed by atoms with Crippen molar-refractivity contribution >= 4 is 34.7 Å². The van der Waals surface area contributed by atoms with Gasteiger partial charge in [-0.05, 0) is 76.1 Å². The Labute approximate surface area is 272 Å². The Bertz CT molecular complexity index is 1860. The van der Waals surface area contributed by atoms with Crippen LogP contribution >= 0.6 is 11.8 Å². The van der Waals surface area contributed by atoms with Crippen LogP contribution in [-0.2, 0) is 10.5 Å². The summed E-state index contributed by atoms with van der Waals surface area (Å²) in [7, 11) is 0. The summed E-state index contributed by atoms with van der Waals surface area (Å²) in [5.74, 6) is -0.708. The fourth-order valence-corrected chi connectivity index (χ4v) is 6.41. The third-order valence-corrected chi connectivity index (χ3v) is 8.51. The van der Waals surface area contributed by atoms with Crippen molar-refractivity contribution in [1.82, 2.24) is 24.4 Å². The molecular formula is C34H40F2N6O3S. The highest BCUT2D eigenvalue weighted by molar-refractivity contribution is 7.97. The minimum Gasteiger partial charge on any atom is -0.444 e. The van der Waals surface area contributed by atoms with Crippen LogP contribution in [-0.4, -0.2) is 68.0 Å². The first-order valence-corrected chi connectivity index (χ1v) is 16.7. The lowest BCUT2D eigenvalue weighted by Crippen LogP contribution is -2.55. The van der Waals surface area contributed by atoms with Crippen LogP contribution < -0.4 is 10.6 Å². The van der Waals surface area contributed by atoms with Crippen LogP contribution in [0.3, 0.4) is 0 Å². The molecule has 4 aromatic rings. The molecular weight excluding hydrogens is 610 g/mol. The predicted molar refractivity (Wildman–Crippen MR) is 179 cm³/mol. The number of hydrogen-bond acceptors (Lipinski definition) is 8. The first-order valence-electron chi connectivity index (χ1n) is 15.3. The number of piperazine rings is 1. The van der Waals surface area contributed by atoms with Crippen molar-refractivity contribution in [1.29, 1.82) is 0 Å². The maximum absolute atomic E-state index is 16.2. The standard InChI is InChI=1S/C34H40F2N6O3S/c1-19(2)27-29(20(3)12-13-37-27)42-31-23(16-25(36)28(38-31)26-22(18-46-8)10-9-11-24(26)35)30(39-32(42)43)41-15-14-40(17-21(41)4)33(44)45-34(5,6)7/h9-13,16,19,21H,14-15,17-18H2,1-8H3/t21-/m0/s1. The van der Waals surface area contributed by atoms with Crippen molar-refractivity contribution in [2.75, 3.05) is 30.8 Å². The van der Waals surface area contributed by atoms with E-state index in [2.05, 4.69) is 9.97 Å². The summed E-state index contributed by atoms with van der Waals surface area (Å²) < 4.78 is 38.6. The second kappa shape index (κ2) is 13.0. The van der Waals surface area contributed by atoms with E-state index in [0.717, 1.165) is 5.56 Å². The first kappa shape index (κ1) is 33.3. The molecule has 1 aliphatic rings. The number of fused-ring (bicyclic) bond motifs is 1. The summed E-state index contributed by atoms with van der Waals surface area (Å²) in [6.45, 7) is 14.1. The van der Waals surface area contributed by atoms with Gasteiger partial charge in [-0.1, -0.05) is 26.0 Å². The molecule has 0 bridgehead atoms. The van der Waals surface area contributed by atoms with Gasteiger partial charge in [0.1, 0.15) is 28.7 Å². The number of anilines is 1. The summed E-state index contributed by atoms with van der Waals surface area (Å²) in [6, 6.07) is 7.42. The van der Waals surface area contributed by atoms with Gasteiger partial charge in [-0.3, -0.25) is 4.98 Å². The van der Waals surface area contributed by atoms with Gasteiger partial charge in [-0.25, -0.2) is 27.9 Å². The smallest absolute Gasteiger partial charge is 0.410 e. The van der Waals surface area contributed by atoms with E-state index in [4.69, 9.17) is 9.72 Å². The van der Waals surface area contributed by atoms with Crippen LogP contribution in [0.1, 0.15) is 64.3 Å². The highest BCUT2D eigenvalue weighted by atomic mass is 32.2. The second-order valence-electron chi connectivity index (χ2n) is 12.9. The summed E-state index contributed by atoms with van der Waals surface area (Å²) in [6.07, 6.45) is 3.14. The molecule has 1 aromatic carbocycles. The molecule has 0 unspecified atom stereocenters. The lowest BCUT2D eigenvalue weighted by molar-refractivity contribution is 0.0218. The van der Waals surface area contributed by atoms with E-state index in [1.54, 1.807) is 29.3 Å². The lowest BCUT2D eigenvalue weighted by Gasteiger charge is -2.41. The summed E-state index contributed by atoms with van der Waals surface area (Å²) in [4.78, 5) is 44.3. The van der Waals surface area contributed by atoms with Crippen molar-refractivity contribution in [2.45, 2.75) is 71.8 Å². The number of hydrogen-bond donors (Lipinski definition) is 0. The Morgan fingerprint density at radius 2 is 1.87 bits per heavy atom. The number of pyridine rings is 2. The van der Waals surface area contributed by atoms with E-state index < -0.39 is 29.0 Å². The number of aryl methyl sites for hydroxylation is 1. The molecule has 1 amide bonds. The average molecular weight is 651 g/mol. The Morgan fingerprint density at radius 1 is 1.13 bits per heavy atom. The van der Waals surface area contributed by atoms with Crippen LogP contribution in [0.5, 0.6) is 0 Å². The minimum absolute atomic E-state index is 0.0555. The zero-order valence-corrected chi connectivity index (χ0v) is 28.3. The fourth-order valence-electron chi connectivity index (χ4n) is 5.86. The quantitative estimate of drug-likeness (QED) is 0.224. The molecule has 0 spiro atoms. The lowest BCUT2D eigenvalue weighted by atomic mass is 10.0. The molecule has 3 aromatic heterocycles. The number of benzene rings is 1. The second-order valence-corrected chi connectivity index (χ2v) is 13.8. The molecule has 12 heteroatoms. The van der Waals surface area contributed by atoms with Crippen LogP contribution in [0.15, 0.2) is 41.3 Å². The van der Waals surface area contributed by atoms with Gasteiger partial charge in [-0.2, -0.15) is 16.7 Å². The van der Waals surface area contributed by atoms with Gasteiger partial charge in [0.25, 0.3) is 0 Å².